The fourth-order valence-corrected chi connectivity index (χ4v) is 4.13. The van der Waals surface area contributed by atoms with E-state index in [0.717, 1.165) is 48.3 Å². The second-order valence-corrected chi connectivity index (χ2v) is 7.93. The Balaban J connectivity index is 1.27. The third-order valence-corrected chi connectivity index (χ3v) is 6.01. The molecule has 162 valence electrons. The SMILES string of the molecule is C[C@H](c1ccc(F)cc1)N1CCN(c2cc(Oc3cncc4ccccc34)ncn2)CC1. The van der Waals surface area contributed by atoms with E-state index in [1.807, 2.05) is 48.7 Å². The lowest BCUT2D eigenvalue weighted by molar-refractivity contribution is 0.198. The van der Waals surface area contributed by atoms with Gasteiger partial charge in [0.05, 0.1) is 6.20 Å². The number of anilines is 1. The minimum absolute atomic E-state index is 0.202. The van der Waals surface area contributed by atoms with Crippen molar-refractivity contribution in [3.05, 3.63) is 84.7 Å². The summed E-state index contributed by atoms with van der Waals surface area (Å²) in [5, 5.41) is 2.01. The summed E-state index contributed by atoms with van der Waals surface area (Å²) in [5.41, 5.74) is 1.13. The molecule has 0 saturated carbocycles. The molecule has 2 aromatic heterocycles. The van der Waals surface area contributed by atoms with E-state index in [0.29, 0.717) is 11.6 Å². The molecule has 1 aliphatic heterocycles. The maximum atomic E-state index is 13.2. The van der Waals surface area contributed by atoms with Gasteiger partial charge in [-0.25, -0.2) is 14.4 Å². The normalized spacial score (nSPS) is 15.6. The first-order valence-electron chi connectivity index (χ1n) is 10.7. The van der Waals surface area contributed by atoms with Gasteiger partial charge >= 0.3 is 0 Å². The Morgan fingerprint density at radius 2 is 1.72 bits per heavy atom. The van der Waals surface area contributed by atoms with Crippen LogP contribution in [-0.4, -0.2) is 46.0 Å². The van der Waals surface area contributed by atoms with Crippen molar-refractivity contribution in [3.63, 3.8) is 0 Å². The molecule has 32 heavy (non-hydrogen) atoms. The van der Waals surface area contributed by atoms with Crippen LogP contribution in [0.2, 0.25) is 0 Å². The summed E-state index contributed by atoms with van der Waals surface area (Å²) in [6.07, 6.45) is 5.07. The van der Waals surface area contributed by atoms with E-state index < -0.39 is 0 Å². The van der Waals surface area contributed by atoms with Crippen molar-refractivity contribution in [3.8, 4) is 11.6 Å². The highest BCUT2D eigenvalue weighted by Gasteiger charge is 2.23. The van der Waals surface area contributed by atoms with Crippen molar-refractivity contribution < 1.29 is 9.13 Å². The first-order chi connectivity index (χ1) is 15.7. The van der Waals surface area contributed by atoms with Gasteiger partial charge in [-0.2, -0.15) is 0 Å². The monoisotopic (exact) mass is 429 g/mol. The number of benzene rings is 2. The van der Waals surface area contributed by atoms with Crippen LogP contribution in [0.3, 0.4) is 0 Å². The average Bonchev–Trinajstić information content (AvgIpc) is 2.85. The Hall–Kier alpha value is -3.58. The van der Waals surface area contributed by atoms with E-state index in [4.69, 9.17) is 4.74 Å². The number of fused-ring (bicyclic) bond motifs is 1. The second-order valence-electron chi connectivity index (χ2n) is 7.93. The number of hydrogen-bond donors (Lipinski definition) is 0. The topological polar surface area (TPSA) is 54.4 Å². The predicted molar refractivity (Wildman–Crippen MR) is 122 cm³/mol. The molecule has 1 fully saturated rings. The van der Waals surface area contributed by atoms with E-state index in [1.165, 1.54) is 18.5 Å². The molecular formula is C25H24FN5O. The standard InChI is InChI=1S/C25H24FN5O/c1-18(19-6-8-21(26)9-7-19)30-10-12-31(13-11-30)24-14-25(29-17-28-24)32-23-16-27-15-20-4-2-3-5-22(20)23/h2-9,14-18H,10-13H2,1H3/t18-/m1/s1. The molecule has 0 unspecified atom stereocenters. The largest absolute Gasteiger partial charge is 0.437 e. The third-order valence-electron chi connectivity index (χ3n) is 6.01. The van der Waals surface area contributed by atoms with E-state index >= 15 is 0 Å². The smallest absolute Gasteiger partial charge is 0.224 e. The van der Waals surface area contributed by atoms with Gasteiger partial charge in [-0.3, -0.25) is 9.88 Å². The third kappa shape index (κ3) is 4.24. The van der Waals surface area contributed by atoms with E-state index in [-0.39, 0.29) is 11.9 Å². The van der Waals surface area contributed by atoms with Gasteiger partial charge in [0.15, 0.2) is 5.75 Å². The van der Waals surface area contributed by atoms with Crippen LogP contribution in [0.4, 0.5) is 10.2 Å². The summed E-state index contributed by atoms with van der Waals surface area (Å²) in [6.45, 7) is 5.64. The van der Waals surface area contributed by atoms with Crippen molar-refractivity contribution >= 4 is 16.6 Å². The molecule has 1 aliphatic rings. The first-order valence-corrected chi connectivity index (χ1v) is 10.7. The summed E-state index contributed by atoms with van der Waals surface area (Å²) in [5.74, 6) is 1.81. The Morgan fingerprint density at radius 1 is 0.938 bits per heavy atom. The molecule has 0 spiro atoms. The van der Waals surface area contributed by atoms with Gasteiger partial charge in [0, 0.05) is 55.3 Å². The van der Waals surface area contributed by atoms with Gasteiger partial charge in [0.25, 0.3) is 0 Å². The lowest BCUT2D eigenvalue weighted by atomic mass is 10.1. The lowest BCUT2D eigenvalue weighted by Crippen LogP contribution is -2.47. The fraction of sp³-hybridized carbons (Fsp3) is 0.240. The molecule has 0 aliphatic carbocycles. The molecule has 3 heterocycles. The highest BCUT2D eigenvalue weighted by Crippen LogP contribution is 2.29. The van der Waals surface area contributed by atoms with Crippen molar-refractivity contribution in [2.75, 3.05) is 31.1 Å². The number of hydrogen-bond acceptors (Lipinski definition) is 6. The van der Waals surface area contributed by atoms with Crippen LogP contribution in [-0.2, 0) is 0 Å². The molecule has 2 aromatic carbocycles. The number of halogens is 1. The van der Waals surface area contributed by atoms with Gasteiger partial charge in [0.1, 0.15) is 18.0 Å². The Bertz CT molecular complexity index is 1200. The molecule has 0 bridgehead atoms. The highest BCUT2D eigenvalue weighted by atomic mass is 19.1. The van der Waals surface area contributed by atoms with Crippen LogP contribution in [0, 0.1) is 5.82 Å². The first kappa shape index (κ1) is 20.3. The van der Waals surface area contributed by atoms with Gasteiger partial charge in [-0.1, -0.05) is 36.4 Å². The zero-order chi connectivity index (χ0) is 21.9. The summed E-state index contributed by atoms with van der Waals surface area (Å²) in [7, 11) is 0. The van der Waals surface area contributed by atoms with Gasteiger partial charge < -0.3 is 9.64 Å². The Labute approximate surface area is 186 Å². The number of pyridine rings is 1. The molecule has 0 N–H and O–H groups in total. The molecular weight excluding hydrogens is 405 g/mol. The molecule has 0 radical (unpaired) electrons. The quantitative estimate of drug-likeness (QED) is 0.453. The molecule has 5 rings (SSSR count). The van der Waals surface area contributed by atoms with Gasteiger partial charge in [-0.15, -0.1) is 0 Å². The molecule has 1 saturated heterocycles. The average molecular weight is 429 g/mol. The summed E-state index contributed by atoms with van der Waals surface area (Å²) in [6, 6.07) is 16.9. The van der Waals surface area contributed by atoms with Crippen LogP contribution in [0.25, 0.3) is 10.8 Å². The van der Waals surface area contributed by atoms with Crippen molar-refractivity contribution in [2.24, 2.45) is 0 Å². The van der Waals surface area contributed by atoms with Crippen LogP contribution in [0.1, 0.15) is 18.5 Å². The number of nitrogens with zero attached hydrogens (tertiary/aromatic N) is 5. The van der Waals surface area contributed by atoms with E-state index in [1.54, 1.807) is 6.20 Å². The lowest BCUT2D eigenvalue weighted by Gasteiger charge is -2.38. The minimum Gasteiger partial charge on any atom is -0.437 e. The molecule has 6 nitrogen and oxygen atoms in total. The maximum Gasteiger partial charge on any atom is 0.224 e. The van der Waals surface area contributed by atoms with Crippen molar-refractivity contribution in [2.45, 2.75) is 13.0 Å². The zero-order valence-electron chi connectivity index (χ0n) is 17.9. The predicted octanol–water partition coefficient (Wildman–Crippen LogP) is 4.84. The van der Waals surface area contributed by atoms with Crippen LogP contribution < -0.4 is 9.64 Å². The molecule has 4 aromatic rings. The van der Waals surface area contributed by atoms with Crippen LogP contribution in [0.15, 0.2) is 73.3 Å². The Kier molecular flexibility index (Phi) is 5.64. The molecule has 0 amide bonds. The molecule has 1 atom stereocenters. The number of piperazine rings is 1. The number of aromatic nitrogens is 3. The number of rotatable bonds is 5. The second kappa shape index (κ2) is 8.88. The molecule has 7 heteroatoms. The van der Waals surface area contributed by atoms with Gasteiger partial charge in [-0.05, 0) is 24.6 Å². The fourth-order valence-electron chi connectivity index (χ4n) is 4.13. The van der Waals surface area contributed by atoms with Crippen molar-refractivity contribution in [1.82, 2.24) is 19.9 Å². The van der Waals surface area contributed by atoms with Crippen LogP contribution in [0.5, 0.6) is 11.6 Å². The minimum atomic E-state index is -0.202. The highest BCUT2D eigenvalue weighted by molar-refractivity contribution is 5.87. The Morgan fingerprint density at radius 3 is 2.53 bits per heavy atom. The summed E-state index contributed by atoms with van der Waals surface area (Å²) in [4.78, 5) is 17.7. The van der Waals surface area contributed by atoms with Gasteiger partial charge in [0.2, 0.25) is 5.88 Å². The van der Waals surface area contributed by atoms with E-state index in [9.17, 15) is 4.39 Å². The van der Waals surface area contributed by atoms with Crippen molar-refractivity contribution in [1.29, 1.82) is 0 Å². The maximum absolute atomic E-state index is 13.2. The summed E-state index contributed by atoms with van der Waals surface area (Å²) >= 11 is 0. The van der Waals surface area contributed by atoms with E-state index in [2.05, 4.69) is 31.7 Å². The van der Waals surface area contributed by atoms with Crippen LogP contribution >= 0.6 is 0 Å². The summed E-state index contributed by atoms with van der Waals surface area (Å²) < 4.78 is 19.3. The zero-order valence-corrected chi connectivity index (χ0v) is 17.9. The number of ether oxygens (including phenoxy) is 1.